The molecule has 0 aromatic heterocycles. The summed E-state index contributed by atoms with van der Waals surface area (Å²) in [7, 11) is 1.61. The van der Waals surface area contributed by atoms with E-state index >= 15 is 0 Å². The zero-order valence-corrected chi connectivity index (χ0v) is 24.1. The van der Waals surface area contributed by atoms with Crippen molar-refractivity contribution >= 4 is 23.1 Å². The summed E-state index contributed by atoms with van der Waals surface area (Å²) in [5, 5.41) is 11.8. The molecule has 3 aromatic carbocycles. The first-order valence-corrected chi connectivity index (χ1v) is 13.6. The van der Waals surface area contributed by atoms with Crippen molar-refractivity contribution in [2.45, 2.75) is 59.6 Å². The molecule has 7 nitrogen and oxygen atoms in total. The van der Waals surface area contributed by atoms with E-state index in [1.807, 2.05) is 77.9 Å². The van der Waals surface area contributed by atoms with E-state index in [-0.39, 0.29) is 23.4 Å². The molecule has 40 heavy (non-hydrogen) atoms. The summed E-state index contributed by atoms with van der Waals surface area (Å²) in [6.07, 6.45) is -0.0686. The second kappa shape index (κ2) is 11.9. The molecule has 1 unspecified atom stereocenters. The van der Waals surface area contributed by atoms with Gasteiger partial charge in [0.05, 0.1) is 31.4 Å². The van der Waals surface area contributed by atoms with Gasteiger partial charge in [-0.25, -0.2) is 0 Å². The van der Waals surface area contributed by atoms with E-state index in [0.717, 1.165) is 11.1 Å². The van der Waals surface area contributed by atoms with Gasteiger partial charge in [0, 0.05) is 17.3 Å². The van der Waals surface area contributed by atoms with Crippen molar-refractivity contribution in [1.29, 1.82) is 0 Å². The lowest BCUT2D eigenvalue weighted by Gasteiger charge is -2.26. The molecule has 1 aliphatic rings. The fourth-order valence-corrected chi connectivity index (χ4v) is 5.06. The van der Waals surface area contributed by atoms with E-state index in [9.17, 15) is 14.7 Å². The number of rotatable bonds is 9. The van der Waals surface area contributed by atoms with Crippen LogP contribution in [0.15, 0.2) is 66.2 Å². The van der Waals surface area contributed by atoms with E-state index < -0.39 is 17.7 Å². The third kappa shape index (κ3) is 5.55. The molecular formula is C33H37NO6. The molecule has 0 radical (unpaired) electrons. The molecule has 0 saturated carbocycles. The molecule has 1 amide bonds. The Kier molecular flexibility index (Phi) is 8.52. The third-order valence-corrected chi connectivity index (χ3v) is 6.85. The highest BCUT2D eigenvalue weighted by Crippen LogP contribution is 2.44. The van der Waals surface area contributed by atoms with Crippen molar-refractivity contribution in [2.75, 3.05) is 18.6 Å². The summed E-state index contributed by atoms with van der Waals surface area (Å²) in [5.74, 6) is 0.253. The summed E-state index contributed by atoms with van der Waals surface area (Å²) >= 11 is 0. The van der Waals surface area contributed by atoms with Crippen LogP contribution < -0.4 is 19.1 Å². The lowest BCUT2D eigenvalue weighted by Crippen LogP contribution is -2.29. The van der Waals surface area contributed by atoms with E-state index in [4.69, 9.17) is 14.2 Å². The van der Waals surface area contributed by atoms with Gasteiger partial charge in [0.25, 0.3) is 11.7 Å². The van der Waals surface area contributed by atoms with Crippen LogP contribution in [0.5, 0.6) is 17.2 Å². The molecule has 0 spiro atoms. The van der Waals surface area contributed by atoms with E-state index in [2.05, 4.69) is 0 Å². The lowest BCUT2D eigenvalue weighted by molar-refractivity contribution is -0.132. The normalized spacial score (nSPS) is 16.6. The molecular weight excluding hydrogens is 506 g/mol. The highest BCUT2D eigenvalue weighted by molar-refractivity contribution is 6.51. The number of carbonyl (C=O) groups is 2. The summed E-state index contributed by atoms with van der Waals surface area (Å²) in [5.41, 5.74) is 3.22. The van der Waals surface area contributed by atoms with Gasteiger partial charge in [0.15, 0.2) is 0 Å². The first-order valence-electron chi connectivity index (χ1n) is 13.6. The second-order valence-electron chi connectivity index (χ2n) is 10.4. The number of aryl methyl sites for hydroxylation is 1. The number of benzene rings is 3. The number of Topliss-reactive ketones (excluding diaryl/α,β-unsaturated/α-hetero) is 1. The molecule has 0 bridgehead atoms. The maximum absolute atomic E-state index is 13.7. The standard InChI is InChI=1S/C33H37NO6/c1-8-39-24-13-10-12-23(17-24)34-30(22-11-9-14-25(16-22)40-20(4)5)29(32(36)33(34)37)31(35)27-18-26(19(2)3)28(38-7)15-21(27)6/h9-20,30,35H,8H2,1-7H3/b31-29+. The van der Waals surface area contributed by atoms with Crippen LogP contribution in [0.3, 0.4) is 0 Å². The summed E-state index contributed by atoms with van der Waals surface area (Å²) < 4.78 is 17.2. The zero-order valence-electron chi connectivity index (χ0n) is 24.1. The average Bonchev–Trinajstić information content (AvgIpc) is 3.18. The summed E-state index contributed by atoms with van der Waals surface area (Å²) in [6.45, 7) is 12.1. The molecule has 1 aliphatic heterocycles. The largest absolute Gasteiger partial charge is 0.507 e. The van der Waals surface area contributed by atoms with Crippen LogP contribution in [0.4, 0.5) is 5.69 Å². The Morgan fingerprint density at radius 1 is 0.975 bits per heavy atom. The highest BCUT2D eigenvalue weighted by atomic mass is 16.5. The topological polar surface area (TPSA) is 85.3 Å². The Balaban J connectivity index is 1.98. The fourth-order valence-electron chi connectivity index (χ4n) is 5.06. The van der Waals surface area contributed by atoms with Crippen LogP contribution in [0.1, 0.15) is 68.8 Å². The number of carbonyl (C=O) groups excluding carboxylic acids is 2. The van der Waals surface area contributed by atoms with Crippen LogP contribution in [0, 0.1) is 6.92 Å². The van der Waals surface area contributed by atoms with Gasteiger partial charge in [-0.2, -0.15) is 0 Å². The minimum atomic E-state index is -0.892. The second-order valence-corrected chi connectivity index (χ2v) is 10.4. The summed E-state index contributed by atoms with van der Waals surface area (Å²) in [6, 6.07) is 17.1. The zero-order chi connectivity index (χ0) is 29.1. The molecule has 7 heteroatoms. The van der Waals surface area contributed by atoms with Gasteiger partial charge < -0.3 is 19.3 Å². The lowest BCUT2D eigenvalue weighted by atomic mass is 9.91. The van der Waals surface area contributed by atoms with Crippen molar-refractivity contribution in [1.82, 2.24) is 0 Å². The number of aliphatic hydroxyl groups is 1. The van der Waals surface area contributed by atoms with Gasteiger partial charge in [-0.15, -0.1) is 0 Å². The van der Waals surface area contributed by atoms with Crippen LogP contribution in [0.25, 0.3) is 5.76 Å². The number of anilines is 1. The van der Waals surface area contributed by atoms with Crippen LogP contribution in [-0.4, -0.2) is 36.6 Å². The Labute approximate surface area is 236 Å². The molecule has 4 rings (SSSR count). The Morgan fingerprint density at radius 2 is 1.68 bits per heavy atom. The Morgan fingerprint density at radius 3 is 2.33 bits per heavy atom. The van der Waals surface area contributed by atoms with Gasteiger partial charge in [0.1, 0.15) is 23.0 Å². The van der Waals surface area contributed by atoms with Gasteiger partial charge in [0.2, 0.25) is 0 Å². The molecule has 1 N–H and O–H groups in total. The van der Waals surface area contributed by atoms with Crippen molar-refractivity contribution in [3.63, 3.8) is 0 Å². The highest BCUT2D eigenvalue weighted by Gasteiger charge is 2.47. The molecule has 1 atom stereocenters. The Bertz CT molecular complexity index is 1460. The van der Waals surface area contributed by atoms with E-state index in [0.29, 0.717) is 40.7 Å². The first kappa shape index (κ1) is 28.7. The van der Waals surface area contributed by atoms with Crippen molar-refractivity contribution < 1.29 is 28.9 Å². The smallest absolute Gasteiger partial charge is 0.300 e. The Hall–Kier alpha value is -4.26. The SMILES string of the molecule is CCOc1cccc(N2C(=O)C(=O)/C(=C(/O)c3cc(C(C)C)c(OC)cc3C)C2c2cccc(OC(C)C)c2)c1. The molecule has 3 aromatic rings. The van der Waals surface area contributed by atoms with E-state index in [1.54, 1.807) is 31.4 Å². The number of ether oxygens (including phenoxy) is 3. The van der Waals surface area contributed by atoms with Crippen molar-refractivity contribution in [3.8, 4) is 17.2 Å². The minimum absolute atomic E-state index is 0.0106. The maximum atomic E-state index is 13.7. The number of aliphatic hydroxyl groups excluding tert-OH is 1. The van der Waals surface area contributed by atoms with Crippen LogP contribution >= 0.6 is 0 Å². The first-order chi connectivity index (χ1) is 19.1. The molecule has 1 heterocycles. The van der Waals surface area contributed by atoms with Gasteiger partial charge in [-0.1, -0.05) is 32.0 Å². The number of hydrogen-bond acceptors (Lipinski definition) is 6. The van der Waals surface area contributed by atoms with Gasteiger partial charge in [-0.3, -0.25) is 14.5 Å². The number of hydrogen-bond donors (Lipinski definition) is 1. The third-order valence-electron chi connectivity index (χ3n) is 6.85. The predicted molar refractivity (Wildman–Crippen MR) is 156 cm³/mol. The fraction of sp³-hybridized carbons (Fsp3) is 0.333. The molecule has 210 valence electrons. The van der Waals surface area contributed by atoms with Crippen molar-refractivity contribution in [3.05, 3.63) is 88.5 Å². The molecule has 0 aliphatic carbocycles. The van der Waals surface area contributed by atoms with Gasteiger partial charge in [-0.05, 0) is 86.7 Å². The minimum Gasteiger partial charge on any atom is -0.507 e. The number of nitrogens with zero attached hydrogens (tertiary/aromatic N) is 1. The van der Waals surface area contributed by atoms with Gasteiger partial charge >= 0.3 is 0 Å². The molecule has 1 fully saturated rings. The predicted octanol–water partition coefficient (Wildman–Crippen LogP) is 6.94. The quantitative estimate of drug-likeness (QED) is 0.179. The average molecular weight is 544 g/mol. The van der Waals surface area contributed by atoms with E-state index in [1.165, 1.54) is 4.90 Å². The molecule has 1 saturated heterocycles. The van der Waals surface area contributed by atoms with Crippen LogP contribution in [-0.2, 0) is 9.59 Å². The summed E-state index contributed by atoms with van der Waals surface area (Å²) in [4.78, 5) is 28.8. The number of ketones is 1. The van der Waals surface area contributed by atoms with Crippen LogP contribution in [0.2, 0.25) is 0 Å². The monoisotopic (exact) mass is 543 g/mol. The number of methoxy groups -OCH3 is 1. The van der Waals surface area contributed by atoms with Crippen molar-refractivity contribution in [2.24, 2.45) is 0 Å². The number of amides is 1. The maximum Gasteiger partial charge on any atom is 0.300 e.